The van der Waals surface area contributed by atoms with Gasteiger partial charge in [-0.15, -0.1) is 0 Å². The minimum atomic E-state index is 0. The van der Waals surface area contributed by atoms with Crippen molar-refractivity contribution in [1.29, 1.82) is 0 Å². The van der Waals surface area contributed by atoms with Crippen LogP contribution in [0.15, 0.2) is 0 Å². The van der Waals surface area contributed by atoms with Crippen molar-refractivity contribution >= 4 is 0 Å². The van der Waals surface area contributed by atoms with Gasteiger partial charge in [0.25, 0.3) is 0 Å². The maximum Gasteiger partial charge on any atom is 0 e. The smallest absolute Gasteiger partial charge is 0 e. The van der Waals surface area contributed by atoms with Gasteiger partial charge in [0.1, 0.15) is 0 Å². The summed E-state index contributed by atoms with van der Waals surface area (Å²) in [6.07, 6.45) is 2.63. The molecule has 0 rings (SSSR count). The predicted molar refractivity (Wildman–Crippen MR) is 66.8 cm³/mol. The average molecular weight is 202 g/mol. The first-order valence-corrected chi connectivity index (χ1v) is 5.94. The molecule has 0 radical (unpaired) electrons. The monoisotopic (exact) mass is 202 g/mol. The zero-order valence-electron chi connectivity index (χ0n) is 10.6. The van der Waals surface area contributed by atoms with Gasteiger partial charge in [0.15, 0.2) is 0 Å². The van der Waals surface area contributed by atoms with Crippen LogP contribution < -0.4 is 5.32 Å². The van der Waals surface area contributed by atoms with Crippen LogP contribution in [0.5, 0.6) is 0 Å². The first-order valence-electron chi connectivity index (χ1n) is 5.94. The van der Waals surface area contributed by atoms with Crippen LogP contribution in [0.25, 0.3) is 0 Å². The van der Waals surface area contributed by atoms with Crippen molar-refractivity contribution in [3.63, 3.8) is 0 Å². The van der Waals surface area contributed by atoms with Crippen LogP contribution in [0.4, 0.5) is 0 Å². The van der Waals surface area contributed by atoms with Crippen molar-refractivity contribution in [2.24, 2.45) is 11.8 Å². The highest BCUT2D eigenvalue weighted by atomic mass is 15.1. The molecule has 1 N–H and O–H groups in total. The third-order valence-electron chi connectivity index (χ3n) is 3.33. The van der Waals surface area contributed by atoms with E-state index < -0.39 is 0 Å². The first-order chi connectivity index (χ1) is 6.61. The lowest BCUT2D eigenvalue weighted by Crippen LogP contribution is -2.23. The highest BCUT2D eigenvalue weighted by Gasteiger charge is 2.11. The van der Waals surface area contributed by atoms with Gasteiger partial charge in [-0.1, -0.05) is 20.8 Å². The van der Waals surface area contributed by atoms with E-state index in [0.717, 1.165) is 24.9 Å². The summed E-state index contributed by atoms with van der Waals surface area (Å²) < 4.78 is 0. The molecule has 88 valence electrons. The van der Waals surface area contributed by atoms with E-state index in [1.807, 2.05) is 7.05 Å². The molecule has 2 nitrogen and oxygen atoms in total. The Balaban J connectivity index is 0. The van der Waals surface area contributed by atoms with E-state index in [9.17, 15) is 0 Å². The molecule has 0 amide bonds. The summed E-state index contributed by atoms with van der Waals surface area (Å²) in [7, 11) is 4.23. The average Bonchev–Trinajstić information content (AvgIpc) is 2.21. The molecule has 0 heterocycles. The summed E-state index contributed by atoms with van der Waals surface area (Å²) in [5.41, 5.74) is 0. The fourth-order valence-corrected chi connectivity index (χ4v) is 1.52. The highest BCUT2D eigenvalue weighted by Crippen LogP contribution is 2.18. The van der Waals surface area contributed by atoms with Crippen LogP contribution in [-0.4, -0.2) is 38.6 Å². The predicted octanol–water partition coefficient (Wildman–Crippen LogP) is 2.46. The summed E-state index contributed by atoms with van der Waals surface area (Å²) in [6, 6.07) is 0. The van der Waals surface area contributed by atoms with Crippen molar-refractivity contribution in [2.75, 3.05) is 33.7 Å². The van der Waals surface area contributed by atoms with Crippen LogP contribution in [0.2, 0.25) is 0 Å². The maximum absolute atomic E-state index is 3.22. The Morgan fingerprint density at radius 2 is 1.79 bits per heavy atom. The fraction of sp³-hybridized carbons (Fsp3) is 1.00. The SMILES string of the molecule is CCN(C)CCC(C)C(C)CCNC.[HH]. The second kappa shape index (κ2) is 8.25. The largest absolute Gasteiger partial charge is 0.320 e. The molecular formula is C12H30N2. The fourth-order valence-electron chi connectivity index (χ4n) is 1.52. The molecule has 0 spiro atoms. The lowest BCUT2D eigenvalue weighted by molar-refractivity contribution is 0.273. The Labute approximate surface area is 91.5 Å². The summed E-state index contributed by atoms with van der Waals surface area (Å²) in [6.45, 7) is 10.5. The summed E-state index contributed by atoms with van der Waals surface area (Å²) in [5, 5.41) is 3.22. The van der Waals surface area contributed by atoms with Gasteiger partial charge >= 0.3 is 0 Å². The van der Waals surface area contributed by atoms with Crippen LogP contribution >= 0.6 is 0 Å². The second-order valence-corrected chi connectivity index (χ2v) is 4.53. The zero-order valence-corrected chi connectivity index (χ0v) is 10.6. The molecule has 2 atom stereocenters. The van der Waals surface area contributed by atoms with Crippen molar-refractivity contribution in [3.05, 3.63) is 0 Å². The van der Waals surface area contributed by atoms with Gasteiger partial charge in [-0.25, -0.2) is 0 Å². The number of hydrogen-bond acceptors (Lipinski definition) is 2. The molecule has 0 aromatic carbocycles. The Morgan fingerprint density at radius 3 is 2.29 bits per heavy atom. The maximum atomic E-state index is 3.22. The van der Waals surface area contributed by atoms with Crippen LogP contribution in [0.3, 0.4) is 0 Å². The Hall–Kier alpha value is -0.0800. The number of rotatable bonds is 8. The van der Waals surface area contributed by atoms with Gasteiger partial charge < -0.3 is 10.2 Å². The molecule has 0 saturated heterocycles. The van der Waals surface area contributed by atoms with Crippen molar-refractivity contribution < 1.29 is 1.43 Å². The van der Waals surface area contributed by atoms with E-state index in [-0.39, 0.29) is 1.43 Å². The molecule has 2 heteroatoms. The molecule has 14 heavy (non-hydrogen) atoms. The third-order valence-corrected chi connectivity index (χ3v) is 3.33. The third kappa shape index (κ3) is 6.39. The van der Waals surface area contributed by atoms with E-state index in [0.29, 0.717) is 0 Å². The molecule has 0 bridgehead atoms. The highest BCUT2D eigenvalue weighted by molar-refractivity contribution is 4.64. The van der Waals surface area contributed by atoms with Crippen LogP contribution in [-0.2, 0) is 0 Å². The lowest BCUT2D eigenvalue weighted by atomic mass is 9.90. The lowest BCUT2D eigenvalue weighted by Gasteiger charge is -2.22. The van der Waals surface area contributed by atoms with E-state index >= 15 is 0 Å². The summed E-state index contributed by atoms with van der Waals surface area (Å²) >= 11 is 0. The van der Waals surface area contributed by atoms with Crippen molar-refractivity contribution in [2.45, 2.75) is 33.6 Å². The van der Waals surface area contributed by atoms with Crippen molar-refractivity contribution in [3.8, 4) is 0 Å². The van der Waals surface area contributed by atoms with E-state index in [4.69, 9.17) is 0 Å². The van der Waals surface area contributed by atoms with Gasteiger partial charge in [-0.05, 0) is 58.4 Å². The summed E-state index contributed by atoms with van der Waals surface area (Å²) in [5.74, 6) is 1.69. The molecule has 0 aromatic heterocycles. The number of hydrogen-bond donors (Lipinski definition) is 1. The van der Waals surface area contributed by atoms with Crippen LogP contribution in [0, 0.1) is 11.8 Å². The van der Waals surface area contributed by atoms with Gasteiger partial charge in [0, 0.05) is 1.43 Å². The summed E-state index contributed by atoms with van der Waals surface area (Å²) in [4.78, 5) is 2.39. The first kappa shape index (κ1) is 13.9. The molecule has 0 aliphatic rings. The molecule has 0 aromatic rings. The number of nitrogens with one attached hydrogen (secondary N) is 1. The zero-order chi connectivity index (χ0) is 11.0. The van der Waals surface area contributed by atoms with E-state index in [1.54, 1.807) is 0 Å². The van der Waals surface area contributed by atoms with Gasteiger partial charge in [-0.3, -0.25) is 0 Å². The minimum absolute atomic E-state index is 0. The van der Waals surface area contributed by atoms with Gasteiger partial charge in [-0.2, -0.15) is 0 Å². The van der Waals surface area contributed by atoms with Gasteiger partial charge in [0.2, 0.25) is 0 Å². The molecule has 0 aliphatic carbocycles. The molecule has 0 aliphatic heterocycles. The second-order valence-electron chi connectivity index (χ2n) is 4.53. The van der Waals surface area contributed by atoms with Gasteiger partial charge in [0.05, 0.1) is 0 Å². The van der Waals surface area contributed by atoms with E-state index in [2.05, 4.69) is 38.0 Å². The normalized spacial score (nSPS) is 15.9. The van der Waals surface area contributed by atoms with Crippen molar-refractivity contribution in [1.82, 2.24) is 10.2 Å². The Kier molecular flexibility index (Phi) is 8.20. The topological polar surface area (TPSA) is 15.3 Å². The molecule has 2 unspecified atom stereocenters. The Bertz CT molecular complexity index is 131. The van der Waals surface area contributed by atoms with Crippen LogP contribution in [0.1, 0.15) is 35.0 Å². The standard InChI is InChI=1S/C12H28N2.H2/c1-6-14(5)10-8-12(3)11(2)7-9-13-4;/h11-13H,6-10H2,1-5H3;1H. The molecule has 0 fully saturated rings. The number of nitrogens with zero attached hydrogens (tertiary/aromatic N) is 1. The molecular weight excluding hydrogens is 172 g/mol. The van der Waals surface area contributed by atoms with E-state index in [1.165, 1.54) is 19.4 Å². The Morgan fingerprint density at radius 1 is 1.21 bits per heavy atom. The minimum Gasteiger partial charge on any atom is -0.320 e. The quantitative estimate of drug-likeness (QED) is 0.650. The molecule has 0 saturated carbocycles.